The fraction of sp³-hybridized carbons (Fsp3) is 0.300. The number of allylic oxidation sites excluding steroid dienone is 2. The highest BCUT2D eigenvalue weighted by atomic mass is 32.2. The lowest BCUT2D eigenvalue weighted by atomic mass is 10.0. The summed E-state index contributed by atoms with van der Waals surface area (Å²) in [5.41, 5.74) is 4.64. The molecule has 0 amide bonds. The van der Waals surface area contributed by atoms with Gasteiger partial charge in [0.25, 0.3) is 0 Å². The van der Waals surface area contributed by atoms with Crippen LogP contribution < -0.4 is 0 Å². The number of thiophene rings is 2. The van der Waals surface area contributed by atoms with Crippen LogP contribution in [-0.4, -0.2) is 11.6 Å². The van der Waals surface area contributed by atoms with E-state index in [1.165, 1.54) is 0 Å². The van der Waals surface area contributed by atoms with Gasteiger partial charge in [0.05, 0.1) is 8.42 Å². The molecule has 2 nitrogen and oxygen atoms in total. The van der Waals surface area contributed by atoms with Gasteiger partial charge in [-0.15, -0.1) is 22.7 Å². The van der Waals surface area contributed by atoms with Crippen LogP contribution >= 0.6 is 34.4 Å². The van der Waals surface area contributed by atoms with Gasteiger partial charge >= 0.3 is 0 Å². The van der Waals surface area contributed by atoms with Gasteiger partial charge in [-0.05, 0) is 63.8 Å². The number of hydrogen-bond acceptors (Lipinski definition) is 5. The molecule has 0 saturated heterocycles. The van der Waals surface area contributed by atoms with E-state index >= 15 is 0 Å². The maximum absolute atomic E-state index is 12.4. The third-order valence-electron chi connectivity index (χ3n) is 3.97. The van der Waals surface area contributed by atoms with Crippen LogP contribution in [0.15, 0.2) is 32.7 Å². The highest BCUT2D eigenvalue weighted by molar-refractivity contribution is 8.03. The fourth-order valence-corrected chi connectivity index (χ4v) is 6.81. The Hall–Kier alpha value is -1.43. The van der Waals surface area contributed by atoms with E-state index in [-0.39, 0.29) is 11.6 Å². The second-order valence-electron chi connectivity index (χ2n) is 6.21. The minimum atomic E-state index is 0.00957. The Labute approximate surface area is 161 Å². The first-order valence-electron chi connectivity index (χ1n) is 7.84. The minimum absolute atomic E-state index is 0.00957. The van der Waals surface area contributed by atoms with Crippen molar-refractivity contribution >= 4 is 46.0 Å². The Morgan fingerprint density at radius 2 is 1.08 bits per heavy atom. The molecule has 132 valence electrons. The van der Waals surface area contributed by atoms with Gasteiger partial charge in [0.2, 0.25) is 0 Å². The van der Waals surface area contributed by atoms with E-state index in [0.717, 1.165) is 40.4 Å². The highest BCUT2D eigenvalue weighted by Gasteiger charge is 2.23. The zero-order chi connectivity index (χ0) is 19.0. The van der Waals surface area contributed by atoms with Crippen molar-refractivity contribution in [2.75, 3.05) is 0 Å². The molecule has 2 heterocycles. The molecular weight excluding hydrogens is 368 g/mol. The molecule has 0 radical (unpaired) electrons. The summed E-state index contributed by atoms with van der Waals surface area (Å²) >= 11 is 4.89. The summed E-state index contributed by atoms with van der Waals surface area (Å²) in [4.78, 5) is 26.8. The summed E-state index contributed by atoms with van der Waals surface area (Å²) in [6, 6.07) is 0. The molecule has 0 aliphatic rings. The summed E-state index contributed by atoms with van der Waals surface area (Å²) in [5.74, 6) is 0.0191. The summed E-state index contributed by atoms with van der Waals surface area (Å²) < 4.78 is 2.20. The number of carbonyl (C=O) groups excluding carboxylic acids is 2. The van der Waals surface area contributed by atoms with E-state index in [0.29, 0.717) is 11.1 Å². The Kier molecular flexibility index (Phi) is 5.92. The third kappa shape index (κ3) is 3.73. The molecule has 2 rings (SSSR count). The monoisotopic (exact) mass is 390 g/mol. The fourth-order valence-electron chi connectivity index (χ4n) is 2.63. The summed E-state index contributed by atoms with van der Waals surface area (Å²) in [6.07, 6.45) is 0. The second kappa shape index (κ2) is 7.44. The topological polar surface area (TPSA) is 34.1 Å². The Balaban J connectivity index is 2.46. The smallest absolute Gasteiger partial charge is 0.189 e. The van der Waals surface area contributed by atoms with Crippen LogP contribution in [0.4, 0.5) is 0 Å². The van der Waals surface area contributed by atoms with Gasteiger partial charge < -0.3 is 0 Å². The van der Waals surface area contributed by atoms with Crippen LogP contribution in [0, 0.1) is 27.7 Å². The largest absolute Gasteiger partial charge is 0.289 e. The average molecular weight is 391 g/mol. The lowest BCUT2D eigenvalue weighted by Gasteiger charge is -2.03. The number of Topliss-reactive ketones (excluding diaryl/α,β-unsaturated/α-hetero) is 2. The maximum atomic E-state index is 12.4. The van der Waals surface area contributed by atoms with Crippen LogP contribution in [0.5, 0.6) is 0 Å². The first-order valence-corrected chi connectivity index (χ1v) is 10.3. The van der Waals surface area contributed by atoms with Crippen LogP contribution in [0.1, 0.15) is 55.4 Å². The highest BCUT2D eigenvalue weighted by Crippen LogP contribution is 2.45. The molecule has 0 aliphatic carbocycles. The first-order chi connectivity index (χ1) is 11.6. The molecule has 0 bridgehead atoms. The number of hydrogen-bond donors (Lipinski definition) is 0. The van der Waals surface area contributed by atoms with E-state index in [2.05, 4.69) is 13.2 Å². The predicted molar refractivity (Wildman–Crippen MR) is 110 cm³/mol. The van der Waals surface area contributed by atoms with Crippen molar-refractivity contribution in [3.8, 4) is 0 Å². The maximum Gasteiger partial charge on any atom is 0.189 e. The molecular formula is C20H22O2S3. The zero-order valence-corrected chi connectivity index (χ0v) is 17.9. The van der Waals surface area contributed by atoms with Gasteiger partial charge in [-0.2, -0.15) is 0 Å². The molecule has 0 aromatic carbocycles. The molecule has 0 N–H and O–H groups in total. The van der Waals surface area contributed by atoms with Crippen molar-refractivity contribution in [1.29, 1.82) is 0 Å². The van der Waals surface area contributed by atoms with Gasteiger partial charge in [0.1, 0.15) is 0 Å². The molecule has 0 unspecified atom stereocenters. The molecule has 0 aliphatic heterocycles. The van der Waals surface area contributed by atoms with Gasteiger partial charge in [0, 0.05) is 20.9 Å². The van der Waals surface area contributed by atoms with Crippen molar-refractivity contribution in [2.24, 2.45) is 0 Å². The van der Waals surface area contributed by atoms with E-state index < -0.39 is 0 Å². The van der Waals surface area contributed by atoms with E-state index in [9.17, 15) is 9.59 Å². The van der Waals surface area contributed by atoms with E-state index in [1.807, 2.05) is 27.7 Å². The molecule has 0 saturated carbocycles. The Morgan fingerprint density at radius 1 is 0.760 bits per heavy atom. The van der Waals surface area contributed by atoms with Gasteiger partial charge in [-0.25, -0.2) is 0 Å². The normalized spacial score (nSPS) is 10.8. The van der Waals surface area contributed by atoms with Crippen molar-refractivity contribution in [3.05, 3.63) is 56.3 Å². The lowest BCUT2D eigenvalue weighted by molar-refractivity contribution is 0.102. The van der Waals surface area contributed by atoms with Gasteiger partial charge in [0.15, 0.2) is 11.6 Å². The second-order valence-corrected chi connectivity index (χ2v) is 10.2. The van der Waals surface area contributed by atoms with Crippen LogP contribution in [0.2, 0.25) is 0 Å². The first kappa shape index (κ1) is 19.9. The number of carbonyl (C=O) groups is 2. The SMILES string of the molecule is C=C(C)C(=O)c1c(C)sc(Sc2sc(C)c(C(=O)C(=C)C)c2C)c1C. The molecule has 0 spiro atoms. The molecule has 2 aromatic rings. The summed E-state index contributed by atoms with van der Waals surface area (Å²) in [5, 5.41) is 0. The standard InChI is InChI=1S/C20H22O2S3/c1-9(2)17(21)15-11(5)19(23-13(15)7)25-20-12(6)16(14(8)24-20)18(22)10(3)4/h1,3H2,2,4-8H3. The number of rotatable bonds is 6. The summed E-state index contributed by atoms with van der Waals surface area (Å²) in [6.45, 7) is 19.0. The average Bonchev–Trinajstić information content (AvgIpc) is 2.94. The van der Waals surface area contributed by atoms with Crippen molar-refractivity contribution in [1.82, 2.24) is 0 Å². The number of aryl methyl sites for hydroxylation is 2. The van der Waals surface area contributed by atoms with Crippen LogP contribution in [0.3, 0.4) is 0 Å². The number of ketones is 2. The van der Waals surface area contributed by atoms with Gasteiger partial charge in [-0.3, -0.25) is 9.59 Å². The van der Waals surface area contributed by atoms with E-state index in [1.54, 1.807) is 48.3 Å². The molecule has 5 heteroatoms. The van der Waals surface area contributed by atoms with Crippen molar-refractivity contribution in [3.63, 3.8) is 0 Å². The van der Waals surface area contributed by atoms with Crippen LogP contribution in [-0.2, 0) is 0 Å². The third-order valence-corrected chi connectivity index (χ3v) is 7.96. The Morgan fingerprint density at radius 3 is 1.36 bits per heavy atom. The predicted octanol–water partition coefficient (Wildman–Crippen LogP) is 6.71. The van der Waals surface area contributed by atoms with E-state index in [4.69, 9.17) is 0 Å². The summed E-state index contributed by atoms with van der Waals surface area (Å²) in [7, 11) is 0. The van der Waals surface area contributed by atoms with Crippen LogP contribution in [0.25, 0.3) is 0 Å². The lowest BCUT2D eigenvalue weighted by Crippen LogP contribution is -2.02. The molecule has 2 aromatic heterocycles. The minimum Gasteiger partial charge on any atom is -0.289 e. The molecule has 0 fully saturated rings. The molecule has 25 heavy (non-hydrogen) atoms. The van der Waals surface area contributed by atoms with Crippen molar-refractivity contribution in [2.45, 2.75) is 50.0 Å². The Bertz CT molecular complexity index is 836. The molecule has 0 atom stereocenters. The zero-order valence-electron chi connectivity index (χ0n) is 15.5. The van der Waals surface area contributed by atoms with Gasteiger partial charge in [-0.1, -0.05) is 24.9 Å². The quantitative estimate of drug-likeness (QED) is 0.406. The van der Waals surface area contributed by atoms with Crippen molar-refractivity contribution < 1.29 is 9.59 Å².